The zero-order valence-electron chi connectivity index (χ0n) is 11.7. The summed E-state index contributed by atoms with van der Waals surface area (Å²) in [7, 11) is 1.27. The minimum atomic E-state index is -0.561. The van der Waals surface area contributed by atoms with Crippen LogP contribution in [0, 0.1) is 0 Å². The van der Waals surface area contributed by atoms with Crippen molar-refractivity contribution < 1.29 is 14.3 Å². The predicted molar refractivity (Wildman–Crippen MR) is 79.6 cm³/mol. The monoisotopic (exact) mass is 296 g/mol. The molecule has 0 bridgehead atoms. The van der Waals surface area contributed by atoms with E-state index in [4.69, 9.17) is 4.74 Å². The standard InChI is InChI=1S/C15H12N4O3/c1-22-15(21)10-5-3-2-4-9(10)14(20)18-12-6-7-16-13-11(12)8-17-19-13/h2-8H,1H3,(H2,16,17,18,19,20). The quantitative estimate of drug-likeness (QED) is 0.720. The molecule has 0 aliphatic carbocycles. The smallest absolute Gasteiger partial charge is 0.338 e. The van der Waals surface area contributed by atoms with Gasteiger partial charge in [-0.25, -0.2) is 9.78 Å². The van der Waals surface area contributed by atoms with Gasteiger partial charge in [0.1, 0.15) is 0 Å². The lowest BCUT2D eigenvalue weighted by atomic mass is 10.1. The van der Waals surface area contributed by atoms with Gasteiger partial charge >= 0.3 is 5.97 Å². The summed E-state index contributed by atoms with van der Waals surface area (Å²) in [5.41, 5.74) is 1.57. The van der Waals surface area contributed by atoms with E-state index < -0.39 is 11.9 Å². The van der Waals surface area contributed by atoms with Gasteiger partial charge in [0, 0.05) is 6.20 Å². The Morgan fingerprint density at radius 1 is 1.18 bits per heavy atom. The van der Waals surface area contributed by atoms with Crippen LogP contribution in [0.3, 0.4) is 0 Å². The number of carbonyl (C=O) groups is 2. The highest BCUT2D eigenvalue weighted by Crippen LogP contribution is 2.20. The van der Waals surface area contributed by atoms with Crippen LogP contribution in [0.4, 0.5) is 5.69 Å². The maximum atomic E-state index is 12.5. The molecule has 22 heavy (non-hydrogen) atoms. The SMILES string of the molecule is COC(=O)c1ccccc1C(=O)Nc1ccnc2[nH]ncc12. The maximum absolute atomic E-state index is 12.5. The zero-order valence-corrected chi connectivity index (χ0v) is 11.7. The fourth-order valence-corrected chi connectivity index (χ4v) is 2.12. The van der Waals surface area contributed by atoms with E-state index in [-0.39, 0.29) is 11.1 Å². The first-order valence-corrected chi connectivity index (χ1v) is 6.47. The molecule has 0 saturated heterocycles. The molecule has 7 heteroatoms. The van der Waals surface area contributed by atoms with E-state index in [9.17, 15) is 9.59 Å². The highest BCUT2D eigenvalue weighted by atomic mass is 16.5. The van der Waals surface area contributed by atoms with Gasteiger partial charge in [0.05, 0.1) is 35.5 Å². The third kappa shape index (κ3) is 2.39. The average Bonchev–Trinajstić information content (AvgIpc) is 3.03. The van der Waals surface area contributed by atoms with Crippen molar-refractivity contribution in [3.63, 3.8) is 0 Å². The van der Waals surface area contributed by atoms with Crippen LogP contribution in [0.1, 0.15) is 20.7 Å². The summed E-state index contributed by atoms with van der Waals surface area (Å²) in [6.45, 7) is 0. The van der Waals surface area contributed by atoms with Gasteiger partial charge in [0.25, 0.3) is 5.91 Å². The lowest BCUT2D eigenvalue weighted by Gasteiger charge is -2.09. The Bertz CT molecular complexity index is 857. The van der Waals surface area contributed by atoms with Crippen molar-refractivity contribution in [2.24, 2.45) is 0 Å². The van der Waals surface area contributed by atoms with Gasteiger partial charge in [-0.2, -0.15) is 5.10 Å². The number of rotatable bonds is 3. The Morgan fingerprint density at radius 2 is 1.95 bits per heavy atom. The minimum absolute atomic E-state index is 0.208. The van der Waals surface area contributed by atoms with Crippen molar-refractivity contribution in [2.75, 3.05) is 12.4 Å². The number of hydrogen-bond donors (Lipinski definition) is 2. The van der Waals surface area contributed by atoms with Crippen LogP contribution in [0.25, 0.3) is 11.0 Å². The fraction of sp³-hybridized carbons (Fsp3) is 0.0667. The Balaban J connectivity index is 1.96. The highest BCUT2D eigenvalue weighted by molar-refractivity contribution is 6.13. The molecule has 1 aromatic carbocycles. The number of H-pyrrole nitrogens is 1. The summed E-state index contributed by atoms with van der Waals surface area (Å²) in [5, 5.41) is 10.1. The van der Waals surface area contributed by atoms with Crippen molar-refractivity contribution in [2.45, 2.75) is 0 Å². The van der Waals surface area contributed by atoms with Crippen molar-refractivity contribution in [1.82, 2.24) is 15.2 Å². The summed E-state index contributed by atoms with van der Waals surface area (Å²) < 4.78 is 4.69. The van der Waals surface area contributed by atoms with E-state index in [1.54, 1.807) is 42.7 Å². The summed E-state index contributed by atoms with van der Waals surface area (Å²) in [6, 6.07) is 8.12. The molecular formula is C15H12N4O3. The van der Waals surface area contributed by atoms with Crippen LogP contribution >= 0.6 is 0 Å². The van der Waals surface area contributed by atoms with Crippen LogP contribution in [0.5, 0.6) is 0 Å². The van der Waals surface area contributed by atoms with Gasteiger partial charge in [-0.3, -0.25) is 9.89 Å². The molecule has 2 heterocycles. The molecule has 2 N–H and O–H groups in total. The van der Waals surface area contributed by atoms with Gasteiger partial charge in [-0.1, -0.05) is 12.1 Å². The maximum Gasteiger partial charge on any atom is 0.338 e. The van der Waals surface area contributed by atoms with Crippen molar-refractivity contribution in [3.05, 3.63) is 53.9 Å². The summed E-state index contributed by atoms with van der Waals surface area (Å²) in [6.07, 6.45) is 3.13. The Morgan fingerprint density at radius 3 is 2.73 bits per heavy atom. The molecule has 2 aromatic heterocycles. The number of methoxy groups -OCH3 is 1. The summed E-state index contributed by atoms with van der Waals surface area (Å²) >= 11 is 0. The van der Waals surface area contributed by atoms with Gasteiger partial charge in [0.2, 0.25) is 0 Å². The number of hydrogen-bond acceptors (Lipinski definition) is 5. The molecular weight excluding hydrogens is 284 g/mol. The van der Waals surface area contributed by atoms with Gasteiger partial charge < -0.3 is 10.1 Å². The molecule has 0 radical (unpaired) electrons. The van der Waals surface area contributed by atoms with Gasteiger partial charge in [-0.15, -0.1) is 0 Å². The molecule has 0 unspecified atom stereocenters. The third-order valence-electron chi connectivity index (χ3n) is 3.18. The van der Waals surface area contributed by atoms with Crippen molar-refractivity contribution in [1.29, 1.82) is 0 Å². The number of nitrogens with zero attached hydrogens (tertiary/aromatic N) is 2. The summed E-state index contributed by atoms with van der Waals surface area (Å²) in [5.74, 6) is -0.969. The topological polar surface area (TPSA) is 97.0 Å². The molecule has 0 spiro atoms. The number of amides is 1. The van der Waals surface area contributed by atoms with Crippen LogP contribution in [-0.2, 0) is 4.74 Å². The highest BCUT2D eigenvalue weighted by Gasteiger charge is 2.18. The zero-order chi connectivity index (χ0) is 15.5. The number of fused-ring (bicyclic) bond motifs is 1. The first-order valence-electron chi connectivity index (χ1n) is 6.47. The largest absolute Gasteiger partial charge is 0.465 e. The summed E-state index contributed by atoms with van der Waals surface area (Å²) in [4.78, 5) is 28.3. The normalized spacial score (nSPS) is 10.4. The van der Waals surface area contributed by atoms with Gasteiger partial charge in [0.15, 0.2) is 5.65 Å². The number of nitrogens with one attached hydrogen (secondary N) is 2. The number of carbonyl (C=O) groups excluding carboxylic acids is 2. The van der Waals surface area contributed by atoms with Crippen LogP contribution in [-0.4, -0.2) is 34.2 Å². The molecule has 110 valence electrons. The van der Waals surface area contributed by atoms with E-state index in [1.807, 2.05) is 0 Å². The van der Waals surface area contributed by atoms with E-state index in [0.717, 1.165) is 0 Å². The van der Waals surface area contributed by atoms with Crippen molar-refractivity contribution in [3.8, 4) is 0 Å². The van der Waals surface area contributed by atoms with Crippen LogP contribution in [0.2, 0.25) is 0 Å². The molecule has 3 rings (SSSR count). The first-order chi connectivity index (χ1) is 10.7. The second kappa shape index (κ2) is 5.65. The molecule has 0 saturated carbocycles. The Kier molecular flexibility index (Phi) is 3.53. The minimum Gasteiger partial charge on any atom is -0.465 e. The van der Waals surface area contributed by atoms with Crippen LogP contribution in [0.15, 0.2) is 42.7 Å². The predicted octanol–water partition coefficient (Wildman–Crippen LogP) is 2.00. The number of pyridine rings is 1. The van der Waals surface area contributed by atoms with Crippen LogP contribution < -0.4 is 5.32 Å². The van der Waals surface area contributed by atoms with Gasteiger partial charge in [-0.05, 0) is 18.2 Å². The number of esters is 1. The van der Waals surface area contributed by atoms with E-state index >= 15 is 0 Å². The number of ether oxygens (including phenoxy) is 1. The molecule has 7 nitrogen and oxygen atoms in total. The molecule has 0 fully saturated rings. The molecule has 0 atom stereocenters. The number of aromatic amines is 1. The number of aromatic nitrogens is 3. The number of benzene rings is 1. The van der Waals surface area contributed by atoms with E-state index in [0.29, 0.717) is 16.7 Å². The van der Waals surface area contributed by atoms with E-state index in [1.165, 1.54) is 7.11 Å². The first kappa shape index (κ1) is 13.7. The molecule has 0 aliphatic rings. The fourth-order valence-electron chi connectivity index (χ4n) is 2.12. The lowest BCUT2D eigenvalue weighted by Crippen LogP contribution is -2.17. The van der Waals surface area contributed by atoms with E-state index in [2.05, 4.69) is 20.5 Å². The lowest BCUT2D eigenvalue weighted by molar-refractivity contribution is 0.0597. The molecule has 1 amide bonds. The van der Waals surface area contributed by atoms with Crippen molar-refractivity contribution >= 4 is 28.6 Å². The Hall–Kier alpha value is -3.22. The molecule has 0 aliphatic heterocycles. The second-order valence-electron chi connectivity index (χ2n) is 4.48. The average molecular weight is 296 g/mol. The molecule has 3 aromatic rings. The Labute approximate surface area is 125 Å². The third-order valence-corrected chi connectivity index (χ3v) is 3.18. The second-order valence-corrected chi connectivity index (χ2v) is 4.48. The number of anilines is 1.